The molecule has 1 aliphatic heterocycles. The molecule has 1 heterocycles. The van der Waals surface area contributed by atoms with Crippen LogP contribution in [-0.4, -0.2) is 6.21 Å². The molecule has 3 nitrogen and oxygen atoms in total. The Labute approximate surface area is 124 Å². The van der Waals surface area contributed by atoms with Gasteiger partial charge in [0.15, 0.2) is 0 Å². The van der Waals surface area contributed by atoms with E-state index in [0.29, 0.717) is 0 Å². The number of allylic oxidation sites excluding steroid dienone is 1. The number of hydrogen-bond acceptors (Lipinski definition) is 3. The van der Waals surface area contributed by atoms with Gasteiger partial charge in [0, 0.05) is 11.6 Å². The summed E-state index contributed by atoms with van der Waals surface area (Å²) >= 11 is 0. The first-order valence-corrected chi connectivity index (χ1v) is 7.18. The molecule has 0 fully saturated rings. The minimum absolute atomic E-state index is 0.0147. The summed E-state index contributed by atoms with van der Waals surface area (Å²) in [6.07, 6.45) is 5.69. The number of hydrazine groups is 1. The summed E-state index contributed by atoms with van der Waals surface area (Å²) in [5, 5.41) is 6.10. The van der Waals surface area contributed by atoms with E-state index in [1.54, 1.807) is 6.21 Å². The minimum Gasteiger partial charge on any atom is -0.247 e. The molecule has 0 saturated heterocycles. The van der Waals surface area contributed by atoms with E-state index in [1.165, 1.54) is 22.3 Å². The number of hydrazone groups is 1. The van der Waals surface area contributed by atoms with Crippen molar-refractivity contribution in [2.75, 3.05) is 5.01 Å². The van der Waals surface area contributed by atoms with Gasteiger partial charge in [-0.15, -0.1) is 0 Å². The minimum atomic E-state index is -0.0147. The lowest BCUT2D eigenvalue weighted by molar-refractivity contribution is 0.649. The lowest BCUT2D eigenvalue weighted by Gasteiger charge is -2.29. The van der Waals surface area contributed by atoms with Crippen LogP contribution in [0.15, 0.2) is 59.8 Å². The lowest BCUT2D eigenvalue weighted by Crippen LogP contribution is -2.33. The molecule has 0 bridgehead atoms. The molecule has 2 aromatic rings. The zero-order valence-corrected chi connectivity index (χ0v) is 12.2. The van der Waals surface area contributed by atoms with Gasteiger partial charge in [0.25, 0.3) is 0 Å². The summed E-state index contributed by atoms with van der Waals surface area (Å²) in [7, 11) is 0. The van der Waals surface area contributed by atoms with Crippen molar-refractivity contribution in [1.29, 1.82) is 0 Å². The quantitative estimate of drug-likeness (QED) is 0.857. The topological polar surface area (TPSA) is 27.6 Å². The molecule has 0 amide bonds. The van der Waals surface area contributed by atoms with Gasteiger partial charge in [0.2, 0.25) is 0 Å². The van der Waals surface area contributed by atoms with Crippen molar-refractivity contribution in [3.8, 4) is 11.1 Å². The van der Waals surface area contributed by atoms with Gasteiger partial charge in [-0.2, -0.15) is 5.10 Å². The van der Waals surface area contributed by atoms with Crippen LogP contribution in [0.2, 0.25) is 0 Å². The molecule has 0 spiro atoms. The summed E-state index contributed by atoms with van der Waals surface area (Å²) in [5.41, 5.74) is 9.57. The highest BCUT2D eigenvalue weighted by molar-refractivity contribution is 5.86. The fraction of sp³-hybridized carbons (Fsp3) is 0.167. The molecule has 0 radical (unpaired) electrons. The SMILES string of the molecule is CC1(C)c2ccccc2-c2cccc(N3C=CC=NN3)c21. The number of anilines is 1. The van der Waals surface area contributed by atoms with Crippen molar-refractivity contribution >= 4 is 11.9 Å². The van der Waals surface area contributed by atoms with Gasteiger partial charge in [0.05, 0.1) is 11.9 Å². The average molecular weight is 275 g/mol. The molecule has 4 rings (SSSR count). The molecule has 1 N–H and O–H groups in total. The van der Waals surface area contributed by atoms with Crippen LogP contribution in [0.1, 0.15) is 25.0 Å². The number of nitrogens with one attached hydrogen (secondary N) is 1. The smallest absolute Gasteiger partial charge is 0.0686 e. The third-order valence-corrected chi connectivity index (χ3v) is 4.38. The Morgan fingerprint density at radius 1 is 1.00 bits per heavy atom. The Bertz CT molecular complexity index is 772. The largest absolute Gasteiger partial charge is 0.247 e. The second-order valence-corrected chi connectivity index (χ2v) is 5.96. The van der Waals surface area contributed by atoms with E-state index in [9.17, 15) is 0 Å². The zero-order chi connectivity index (χ0) is 14.4. The van der Waals surface area contributed by atoms with Crippen molar-refractivity contribution < 1.29 is 0 Å². The van der Waals surface area contributed by atoms with Crippen LogP contribution in [0.5, 0.6) is 0 Å². The van der Waals surface area contributed by atoms with Crippen molar-refractivity contribution in [3.63, 3.8) is 0 Å². The average Bonchev–Trinajstić information content (AvgIpc) is 2.77. The van der Waals surface area contributed by atoms with Crippen molar-refractivity contribution in [1.82, 2.24) is 5.53 Å². The van der Waals surface area contributed by atoms with E-state index in [-0.39, 0.29) is 5.41 Å². The Balaban J connectivity index is 1.96. The Hall–Kier alpha value is -2.55. The fourth-order valence-electron chi connectivity index (χ4n) is 3.45. The van der Waals surface area contributed by atoms with Crippen LogP contribution in [0.4, 0.5) is 5.69 Å². The maximum atomic E-state index is 4.12. The number of hydrogen-bond donors (Lipinski definition) is 1. The maximum Gasteiger partial charge on any atom is 0.0686 e. The lowest BCUT2D eigenvalue weighted by atomic mass is 9.81. The van der Waals surface area contributed by atoms with Crippen LogP contribution in [0.3, 0.4) is 0 Å². The van der Waals surface area contributed by atoms with E-state index < -0.39 is 0 Å². The molecule has 0 saturated carbocycles. The van der Waals surface area contributed by atoms with Gasteiger partial charge in [-0.3, -0.25) is 0 Å². The van der Waals surface area contributed by atoms with Crippen LogP contribution in [0.25, 0.3) is 11.1 Å². The van der Waals surface area contributed by atoms with Gasteiger partial charge >= 0.3 is 0 Å². The molecule has 2 aliphatic rings. The first-order valence-electron chi connectivity index (χ1n) is 7.18. The van der Waals surface area contributed by atoms with Crippen LogP contribution >= 0.6 is 0 Å². The van der Waals surface area contributed by atoms with Gasteiger partial charge < -0.3 is 0 Å². The van der Waals surface area contributed by atoms with Crippen molar-refractivity contribution in [2.24, 2.45) is 5.10 Å². The van der Waals surface area contributed by atoms with Gasteiger partial charge in [-0.05, 0) is 34.4 Å². The molecular formula is C18H17N3. The number of nitrogens with zero attached hydrogens (tertiary/aromatic N) is 2. The van der Waals surface area contributed by atoms with Crippen LogP contribution in [0, 0.1) is 0 Å². The summed E-state index contributed by atoms with van der Waals surface area (Å²) in [6.45, 7) is 4.58. The molecule has 21 heavy (non-hydrogen) atoms. The Kier molecular flexibility index (Phi) is 2.45. The monoisotopic (exact) mass is 275 g/mol. The summed E-state index contributed by atoms with van der Waals surface area (Å²) in [5.74, 6) is 0. The van der Waals surface area contributed by atoms with Crippen LogP contribution < -0.4 is 10.5 Å². The summed E-state index contributed by atoms with van der Waals surface area (Å²) in [4.78, 5) is 0. The van der Waals surface area contributed by atoms with E-state index in [0.717, 1.165) is 5.69 Å². The van der Waals surface area contributed by atoms with Gasteiger partial charge in [0.1, 0.15) is 0 Å². The summed E-state index contributed by atoms with van der Waals surface area (Å²) < 4.78 is 0. The molecule has 0 atom stereocenters. The third kappa shape index (κ3) is 1.64. The number of fused-ring (bicyclic) bond motifs is 3. The summed E-state index contributed by atoms with van der Waals surface area (Å²) in [6, 6.07) is 15.1. The maximum absolute atomic E-state index is 4.12. The van der Waals surface area contributed by atoms with E-state index >= 15 is 0 Å². The highest BCUT2D eigenvalue weighted by Gasteiger charge is 2.38. The molecular weight excluding hydrogens is 258 g/mol. The molecule has 3 heteroatoms. The predicted octanol–water partition coefficient (Wildman–Crippen LogP) is 3.82. The van der Waals surface area contributed by atoms with Crippen molar-refractivity contribution in [3.05, 3.63) is 65.9 Å². The molecule has 104 valence electrons. The first-order chi connectivity index (χ1) is 10.2. The highest BCUT2D eigenvalue weighted by atomic mass is 15.7. The zero-order valence-electron chi connectivity index (χ0n) is 12.2. The normalized spacial score (nSPS) is 17.3. The van der Waals surface area contributed by atoms with Crippen LogP contribution in [-0.2, 0) is 5.41 Å². The Morgan fingerprint density at radius 2 is 1.81 bits per heavy atom. The second-order valence-electron chi connectivity index (χ2n) is 5.96. The molecule has 0 unspecified atom stereocenters. The molecule has 1 aliphatic carbocycles. The molecule has 2 aromatic carbocycles. The second kappa shape index (κ2) is 4.22. The van der Waals surface area contributed by atoms with E-state index in [4.69, 9.17) is 0 Å². The van der Waals surface area contributed by atoms with E-state index in [2.05, 4.69) is 66.9 Å². The van der Waals surface area contributed by atoms with Gasteiger partial charge in [-0.1, -0.05) is 50.2 Å². The van der Waals surface area contributed by atoms with Crippen molar-refractivity contribution in [2.45, 2.75) is 19.3 Å². The van der Waals surface area contributed by atoms with Gasteiger partial charge in [-0.25, -0.2) is 10.5 Å². The molecule has 0 aromatic heterocycles. The number of rotatable bonds is 1. The standard InChI is InChI=1S/C18H17N3/c1-18(2)15-9-4-3-7-13(15)14-8-5-10-16(17(14)18)21-12-6-11-19-20-21/h3-12,20H,1-2H3. The van der Waals surface area contributed by atoms with E-state index in [1.807, 2.05) is 17.3 Å². The first kappa shape index (κ1) is 12.2. The fourth-order valence-corrected chi connectivity index (χ4v) is 3.45. The third-order valence-electron chi connectivity index (χ3n) is 4.38. The Morgan fingerprint density at radius 3 is 2.62 bits per heavy atom. The highest BCUT2D eigenvalue weighted by Crippen LogP contribution is 2.51. The number of benzene rings is 2. The predicted molar refractivity (Wildman–Crippen MR) is 87.3 cm³/mol.